The van der Waals surface area contributed by atoms with E-state index in [-0.39, 0.29) is 12.2 Å². The summed E-state index contributed by atoms with van der Waals surface area (Å²) in [5.41, 5.74) is 7.22. The van der Waals surface area contributed by atoms with Crippen LogP contribution in [0.4, 0.5) is 11.5 Å². The second-order valence-corrected chi connectivity index (χ2v) is 10.1. The van der Waals surface area contributed by atoms with Gasteiger partial charge in [-0.3, -0.25) is 15.0 Å². The third kappa shape index (κ3) is 6.06. The SMILES string of the molecule is NCC(CCN1CCOCC1)(Nc1ccc([N+](=O)[O-])cn1)c1ncc(-c2ncc[nH]2)c(-c2ccc(Cl)cc2Cl)n1. The Morgan fingerprint density at radius 3 is 2.60 bits per heavy atom. The highest BCUT2D eigenvalue weighted by atomic mass is 35.5. The van der Waals surface area contributed by atoms with Gasteiger partial charge in [-0.1, -0.05) is 23.2 Å². The molecule has 4 aromatic rings. The van der Waals surface area contributed by atoms with E-state index in [9.17, 15) is 10.1 Å². The van der Waals surface area contributed by atoms with Crippen molar-refractivity contribution in [3.05, 3.63) is 81.1 Å². The molecule has 12 nitrogen and oxygen atoms in total. The summed E-state index contributed by atoms with van der Waals surface area (Å²) < 4.78 is 5.50. The van der Waals surface area contributed by atoms with Crippen LogP contribution in [0.2, 0.25) is 10.0 Å². The molecular formula is C26H27Cl2N9O3. The van der Waals surface area contributed by atoms with Crippen molar-refractivity contribution >= 4 is 34.7 Å². The minimum atomic E-state index is -0.975. The number of morpholine rings is 1. The Kier molecular flexibility index (Phi) is 8.52. The maximum absolute atomic E-state index is 11.2. The van der Waals surface area contributed by atoms with Crippen LogP contribution in [0.1, 0.15) is 12.2 Å². The van der Waals surface area contributed by atoms with E-state index in [2.05, 4.69) is 25.2 Å². The van der Waals surface area contributed by atoms with Crippen molar-refractivity contribution in [2.45, 2.75) is 12.0 Å². The largest absolute Gasteiger partial charge is 0.379 e. The van der Waals surface area contributed by atoms with Gasteiger partial charge in [0.2, 0.25) is 0 Å². The number of H-pyrrole nitrogens is 1. The van der Waals surface area contributed by atoms with Crippen LogP contribution in [0, 0.1) is 10.1 Å². The van der Waals surface area contributed by atoms with E-state index in [0.717, 1.165) is 13.1 Å². The van der Waals surface area contributed by atoms with Crippen molar-refractivity contribution in [2.75, 3.05) is 44.7 Å². The molecule has 0 bridgehead atoms. The molecule has 40 heavy (non-hydrogen) atoms. The molecule has 0 aliphatic carbocycles. The average molecular weight is 584 g/mol. The molecule has 208 valence electrons. The van der Waals surface area contributed by atoms with Gasteiger partial charge in [-0.25, -0.2) is 19.9 Å². The minimum absolute atomic E-state index is 0.115. The summed E-state index contributed by atoms with van der Waals surface area (Å²) >= 11 is 12.8. The number of nitrogens with two attached hydrogens (primary N) is 1. The number of nitrogens with one attached hydrogen (secondary N) is 2. The number of aromatic nitrogens is 5. The predicted molar refractivity (Wildman–Crippen MR) is 152 cm³/mol. The molecule has 1 unspecified atom stereocenters. The zero-order valence-corrected chi connectivity index (χ0v) is 22.9. The lowest BCUT2D eigenvalue weighted by molar-refractivity contribution is -0.385. The average Bonchev–Trinajstić information content (AvgIpc) is 3.51. The number of aromatic amines is 1. The fourth-order valence-electron chi connectivity index (χ4n) is 4.55. The zero-order chi connectivity index (χ0) is 28.1. The van der Waals surface area contributed by atoms with Gasteiger partial charge in [-0.05, 0) is 30.7 Å². The standard InChI is InChI=1S/C26H27Cl2N9O3/c27-17-1-3-19(21(28)13-17)23-20(24-30-6-7-31-24)15-33-25(34-23)26(16-29,5-8-36-9-11-40-12-10-36)35-22-4-2-18(14-32-22)37(38)39/h1-4,6-7,13-15H,5,8-12,16,29H2,(H,30,31)(H,32,35). The second-order valence-electron chi connectivity index (χ2n) is 9.29. The van der Waals surface area contributed by atoms with Crippen LogP contribution in [-0.2, 0) is 10.3 Å². The molecule has 0 amide bonds. The Bertz CT molecular complexity index is 1470. The van der Waals surface area contributed by atoms with Gasteiger partial charge in [0.1, 0.15) is 23.4 Å². The van der Waals surface area contributed by atoms with Gasteiger partial charge in [0.25, 0.3) is 5.69 Å². The van der Waals surface area contributed by atoms with Crippen molar-refractivity contribution < 1.29 is 9.66 Å². The molecule has 3 aromatic heterocycles. The third-order valence-electron chi connectivity index (χ3n) is 6.79. The highest BCUT2D eigenvalue weighted by Crippen LogP contribution is 2.37. The Labute approximate surface area is 240 Å². The lowest BCUT2D eigenvalue weighted by Crippen LogP contribution is -2.48. The van der Waals surface area contributed by atoms with Gasteiger partial charge in [-0.2, -0.15) is 0 Å². The molecule has 4 heterocycles. The number of anilines is 1. The van der Waals surface area contributed by atoms with E-state index < -0.39 is 10.5 Å². The van der Waals surface area contributed by atoms with Crippen LogP contribution in [0.25, 0.3) is 22.6 Å². The molecule has 1 fully saturated rings. The Morgan fingerprint density at radius 1 is 1.12 bits per heavy atom. The highest BCUT2D eigenvalue weighted by Gasteiger charge is 2.36. The summed E-state index contributed by atoms with van der Waals surface area (Å²) in [5.74, 6) is 1.40. The number of ether oxygens (including phenoxy) is 1. The van der Waals surface area contributed by atoms with Crippen LogP contribution in [0.3, 0.4) is 0 Å². The predicted octanol–water partition coefficient (Wildman–Crippen LogP) is 4.13. The van der Waals surface area contributed by atoms with Crippen LogP contribution in [0.15, 0.2) is 55.1 Å². The van der Waals surface area contributed by atoms with Crippen LogP contribution in [0.5, 0.6) is 0 Å². The third-order valence-corrected chi connectivity index (χ3v) is 7.34. The number of imidazole rings is 1. The molecule has 0 saturated carbocycles. The quantitative estimate of drug-likeness (QED) is 0.183. The lowest BCUT2D eigenvalue weighted by atomic mass is 9.92. The molecule has 1 aromatic carbocycles. The number of hydrogen-bond donors (Lipinski definition) is 3. The second kappa shape index (κ2) is 12.2. The van der Waals surface area contributed by atoms with Crippen LogP contribution < -0.4 is 11.1 Å². The highest BCUT2D eigenvalue weighted by molar-refractivity contribution is 6.36. The summed E-state index contributed by atoms with van der Waals surface area (Å²) in [4.78, 5) is 34.5. The number of pyridine rings is 1. The summed E-state index contributed by atoms with van der Waals surface area (Å²) in [7, 11) is 0. The van der Waals surface area contributed by atoms with E-state index in [4.69, 9.17) is 43.6 Å². The number of halogens is 2. The van der Waals surface area contributed by atoms with E-state index in [0.29, 0.717) is 70.5 Å². The number of benzene rings is 1. The summed E-state index contributed by atoms with van der Waals surface area (Å²) in [6, 6.07) is 8.13. The van der Waals surface area contributed by atoms with E-state index in [1.165, 1.54) is 12.3 Å². The molecular weight excluding hydrogens is 557 g/mol. The summed E-state index contributed by atoms with van der Waals surface area (Å²) in [6.45, 7) is 3.69. The monoisotopic (exact) mass is 583 g/mol. The first kappa shape index (κ1) is 27.9. The molecule has 14 heteroatoms. The molecule has 1 aliphatic rings. The van der Waals surface area contributed by atoms with E-state index >= 15 is 0 Å². The first-order chi connectivity index (χ1) is 19.4. The number of nitro groups is 1. The molecule has 1 atom stereocenters. The van der Waals surface area contributed by atoms with Crippen LogP contribution in [-0.4, -0.2) is 74.1 Å². The molecule has 0 radical (unpaired) electrons. The number of rotatable bonds is 10. The Balaban J connectivity index is 1.60. The van der Waals surface area contributed by atoms with Crippen molar-refractivity contribution in [1.82, 2.24) is 29.8 Å². The molecule has 0 spiro atoms. The molecule has 5 rings (SSSR count). The van der Waals surface area contributed by atoms with Gasteiger partial charge < -0.3 is 20.8 Å². The lowest BCUT2D eigenvalue weighted by Gasteiger charge is -2.36. The summed E-state index contributed by atoms with van der Waals surface area (Å²) in [5, 5.41) is 15.5. The molecule has 1 aliphatic heterocycles. The van der Waals surface area contributed by atoms with Gasteiger partial charge in [0, 0.05) is 61.4 Å². The molecule has 4 N–H and O–H groups in total. The van der Waals surface area contributed by atoms with Gasteiger partial charge >= 0.3 is 0 Å². The van der Waals surface area contributed by atoms with Crippen molar-refractivity contribution in [3.63, 3.8) is 0 Å². The van der Waals surface area contributed by atoms with Crippen LogP contribution >= 0.6 is 23.2 Å². The zero-order valence-electron chi connectivity index (χ0n) is 21.4. The summed E-state index contributed by atoms with van der Waals surface area (Å²) in [6.07, 6.45) is 6.77. The fraction of sp³-hybridized carbons (Fsp3) is 0.308. The van der Waals surface area contributed by atoms with Gasteiger partial charge in [0.05, 0.1) is 34.4 Å². The fourth-order valence-corrected chi connectivity index (χ4v) is 5.04. The van der Waals surface area contributed by atoms with Gasteiger partial charge in [0.15, 0.2) is 5.82 Å². The van der Waals surface area contributed by atoms with Crippen molar-refractivity contribution in [3.8, 4) is 22.6 Å². The van der Waals surface area contributed by atoms with Crippen molar-refractivity contribution in [1.29, 1.82) is 0 Å². The van der Waals surface area contributed by atoms with Crippen molar-refractivity contribution in [2.24, 2.45) is 5.73 Å². The Morgan fingerprint density at radius 2 is 1.95 bits per heavy atom. The topological polar surface area (TPSA) is 161 Å². The normalized spacial score (nSPS) is 15.5. The minimum Gasteiger partial charge on any atom is -0.379 e. The maximum Gasteiger partial charge on any atom is 0.287 e. The maximum atomic E-state index is 11.2. The first-order valence-corrected chi connectivity index (χ1v) is 13.4. The first-order valence-electron chi connectivity index (χ1n) is 12.6. The number of nitrogens with zero attached hydrogens (tertiary/aromatic N) is 6. The van der Waals surface area contributed by atoms with E-state index in [1.54, 1.807) is 42.9 Å². The Hall–Kier alpha value is -3.68. The van der Waals surface area contributed by atoms with Gasteiger partial charge in [-0.15, -0.1) is 0 Å². The number of hydrogen-bond acceptors (Lipinski definition) is 10. The molecule has 1 saturated heterocycles. The smallest absolute Gasteiger partial charge is 0.287 e. The van der Waals surface area contributed by atoms with E-state index in [1.807, 2.05) is 0 Å².